The SMILES string of the molecule is COc1cc(C)c(COCC(=O)N(C)N)cc1OC. The molecular formula is C13H20N2O4. The lowest BCUT2D eigenvalue weighted by molar-refractivity contribution is -0.135. The quantitative estimate of drug-likeness (QED) is 0.470. The van der Waals surface area contributed by atoms with Gasteiger partial charge in [-0.2, -0.15) is 0 Å². The topological polar surface area (TPSA) is 74.0 Å². The number of hydrogen-bond acceptors (Lipinski definition) is 5. The van der Waals surface area contributed by atoms with E-state index in [4.69, 9.17) is 20.1 Å². The summed E-state index contributed by atoms with van der Waals surface area (Å²) in [6.45, 7) is 2.20. The van der Waals surface area contributed by atoms with Crippen LogP contribution in [-0.4, -0.2) is 38.8 Å². The summed E-state index contributed by atoms with van der Waals surface area (Å²) in [7, 11) is 4.64. The molecule has 6 heteroatoms. The fraction of sp³-hybridized carbons (Fsp3) is 0.462. The minimum Gasteiger partial charge on any atom is -0.493 e. The summed E-state index contributed by atoms with van der Waals surface area (Å²) in [6, 6.07) is 3.71. The smallest absolute Gasteiger partial charge is 0.262 e. The molecule has 0 atom stereocenters. The van der Waals surface area contributed by atoms with Crippen LogP contribution in [-0.2, 0) is 16.1 Å². The zero-order valence-corrected chi connectivity index (χ0v) is 11.7. The van der Waals surface area contributed by atoms with E-state index in [9.17, 15) is 4.79 Å². The number of nitrogens with zero attached hydrogens (tertiary/aromatic N) is 1. The van der Waals surface area contributed by atoms with E-state index in [1.54, 1.807) is 14.2 Å². The Morgan fingerprint density at radius 1 is 1.26 bits per heavy atom. The van der Waals surface area contributed by atoms with E-state index in [1.165, 1.54) is 7.05 Å². The van der Waals surface area contributed by atoms with E-state index in [0.29, 0.717) is 18.1 Å². The Hall–Kier alpha value is -1.79. The number of nitrogens with two attached hydrogens (primary N) is 1. The predicted molar refractivity (Wildman–Crippen MR) is 70.9 cm³/mol. The molecule has 1 aromatic rings. The Labute approximate surface area is 113 Å². The third-order valence-electron chi connectivity index (χ3n) is 2.72. The van der Waals surface area contributed by atoms with Crippen molar-refractivity contribution in [2.24, 2.45) is 5.84 Å². The van der Waals surface area contributed by atoms with Crippen molar-refractivity contribution in [3.05, 3.63) is 23.3 Å². The lowest BCUT2D eigenvalue weighted by Gasteiger charge is -2.14. The molecule has 0 bridgehead atoms. The van der Waals surface area contributed by atoms with E-state index < -0.39 is 0 Å². The second-order valence-corrected chi connectivity index (χ2v) is 4.13. The summed E-state index contributed by atoms with van der Waals surface area (Å²) in [5, 5.41) is 1.00. The fourth-order valence-corrected chi connectivity index (χ4v) is 1.53. The Bertz CT molecular complexity index is 447. The maximum absolute atomic E-state index is 11.3. The van der Waals surface area contributed by atoms with E-state index in [1.807, 2.05) is 19.1 Å². The van der Waals surface area contributed by atoms with Gasteiger partial charge in [0.15, 0.2) is 11.5 Å². The van der Waals surface area contributed by atoms with Gasteiger partial charge in [-0.1, -0.05) is 0 Å². The maximum atomic E-state index is 11.3. The molecule has 0 heterocycles. The molecular weight excluding hydrogens is 248 g/mol. The molecule has 0 aliphatic heterocycles. The number of carbonyl (C=O) groups is 1. The number of likely N-dealkylation sites (N-methyl/N-ethyl adjacent to an activating group) is 1. The Morgan fingerprint density at radius 2 is 1.84 bits per heavy atom. The van der Waals surface area contributed by atoms with Crippen LogP contribution in [0.25, 0.3) is 0 Å². The van der Waals surface area contributed by atoms with Gasteiger partial charge in [-0.3, -0.25) is 9.80 Å². The highest BCUT2D eigenvalue weighted by molar-refractivity contribution is 5.76. The number of amides is 1. The second kappa shape index (κ2) is 6.96. The van der Waals surface area contributed by atoms with Crippen LogP contribution in [0.4, 0.5) is 0 Å². The number of aryl methyl sites for hydroxylation is 1. The van der Waals surface area contributed by atoms with Gasteiger partial charge in [0.25, 0.3) is 5.91 Å². The van der Waals surface area contributed by atoms with Crippen LogP contribution in [0.2, 0.25) is 0 Å². The van der Waals surface area contributed by atoms with E-state index in [0.717, 1.165) is 16.1 Å². The molecule has 0 aliphatic carbocycles. The Kier molecular flexibility index (Phi) is 5.59. The average Bonchev–Trinajstić information content (AvgIpc) is 2.39. The molecule has 2 N–H and O–H groups in total. The minimum absolute atomic E-state index is 0.0548. The largest absolute Gasteiger partial charge is 0.493 e. The molecule has 6 nitrogen and oxygen atoms in total. The van der Waals surface area contributed by atoms with Crippen molar-refractivity contribution in [3.63, 3.8) is 0 Å². The van der Waals surface area contributed by atoms with Gasteiger partial charge in [-0.15, -0.1) is 0 Å². The monoisotopic (exact) mass is 268 g/mol. The molecule has 0 unspecified atom stereocenters. The lowest BCUT2D eigenvalue weighted by Crippen LogP contribution is -2.35. The van der Waals surface area contributed by atoms with Gasteiger partial charge >= 0.3 is 0 Å². The minimum atomic E-state index is -0.280. The molecule has 1 aromatic carbocycles. The predicted octanol–water partition coefficient (Wildman–Crippen LogP) is 0.861. The van der Waals surface area contributed by atoms with Crippen molar-refractivity contribution in [3.8, 4) is 11.5 Å². The zero-order chi connectivity index (χ0) is 14.4. The molecule has 0 radical (unpaired) electrons. The molecule has 1 amide bonds. The molecule has 0 spiro atoms. The first-order valence-electron chi connectivity index (χ1n) is 5.80. The van der Waals surface area contributed by atoms with Crippen LogP contribution < -0.4 is 15.3 Å². The number of hydrazine groups is 1. The second-order valence-electron chi connectivity index (χ2n) is 4.13. The van der Waals surface area contributed by atoms with E-state index in [2.05, 4.69) is 0 Å². The van der Waals surface area contributed by atoms with Crippen molar-refractivity contribution in [2.75, 3.05) is 27.9 Å². The zero-order valence-electron chi connectivity index (χ0n) is 11.7. The van der Waals surface area contributed by atoms with E-state index in [-0.39, 0.29) is 12.5 Å². The fourth-order valence-electron chi connectivity index (χ4n) is 1.53. The number of benzene rings is 1. The van der Waals surface area contributed by atoms with Gasteiger partial charge in [-0.05, 0) is 30.2 Å². The van der Waals surface area contributed by atoms with Crippen LogP contribution >= 0.6 is 0 Å². The van der Waals surface area contributed by atoms with Crippen LogP contribution in [0.5, 0.6) is 11.5 Å². The first kappa shape index (κ1) is 15.3. The molecule has 0 aliphatic rings. The van der Waals surface area contributed by atoms with Crippen molar-refractivity contribution in [1.29, 1.82) is 0 Å². The molecule has 0 saturated heterocycles. The summed E-state index contributed by atoms with van der Waals surface area (Å²) in [5.74, 6) is 6.32. The van der Waals surface area contributed by atoms with Crippen molar-refractivity contribution in [2.45, 2.75) is 13.5 Å². The summed E-state index contributed by atoms with van der Waals surface area (Å²) in [5.41, 5.74) is 1.94. The van der Waals surface area contributed by atoms with Crippen molar-refractivity contribution >= 4 is 5.91 Å². The number of carbonyl (C=O) groups excluding carboxylic acids is 1. The standard InChI is InChI=1S/C13H20N2O4/c1-9-5-11(17-3)12(18-4)6-10(9)7-19-8-13(16)15(2)14/h5-6H,7-8,14H2,1-4H3. The number of methoxy groups -OCH3 is 2. The normalized spacial score (nSPS) is 10.2. The summed E-state index contributed by atoms with van der Waals surface area (Å²) in [6.07, 6.45) is 0. The molecule has 1 rings (SSSR count). The molecule has 0 aromatic heterocycles. The number of rotatable bonds is 6. The van der Waals surface area contributed by atoms with E-state index >= 15 is 0 Å². The van der Waals surface area contributed by atoms with Crippen molar-refractivity contribution < 1.29 is 19.0 Å². The van der Waals surface area contributed by atoms with Gasteiger partial charge < -0.3 is 14.2 Å². The lowest BCUT2D eigenvalue weighted by atomic mass is 10.1. The highest BCUT2D eigenvalue weighted by Crippen LogP contribution is 2.30. The molecule has 106 valence electrons. The summed E-state index contributed by atoms with van der Waals surface area (Å²) < 4.78 is 15.8. The van der Waals surface area contributed by atoms with Crippen LogP contribution in [0.1, 0.15) is 11.1 Å². The van der Waals surface area contributed by atoms with Gasteiger partial charge in [0, 0.05) is 7.05 Å². The van der Waals surface area contributed by atoms with Gasteiger partial charge in [0.1, 0.15) is 6.61 Å². The highest BCUT2D eigenvalue weighted by Gasteiger charge is 2.10. The first-order valence-corrected chi connectivity index (χ1v) is 5.80. The van der Waals surface area contributed by atoms with Crippen LogP contribution in [0, 0.1) is 6.92 Å². The Balaban J connectivity index is 2.71. The molecule has 19 heavy (non-hydrogen) atoms. The maximum Gasteiger partial charge on any atom is 0.262 e. The van der Waals surface area contributed by atoms with Crippen LogP contribution in [0.3, 0.4) is 0 Å². The van der Waals surface area contributed by atoms with Crippen molar-refractivity contribution in [1.82, 2.24) is 5.01 Å². The van der Waals surface area contributed by atoms with Gasteiger partial charge in [-0.25, -0.2) is 5.84 Å². The van der Waals surface area contributed by atoms with Gasteiger partial charge in [0.05, 0.1) is 20.8 Å². The summed E-state index contributed by atoms with van der Waals surface area (Å²) >= 11 is 0. The van der Waals surface area contributed by atoms with Gasteiger partial charge in [0.2, 0.25) is 0 Å². The molecule has 0 saturated carbocycles. The number of hydrogen-bond donors (Lipinski definition) is 1. The number of ether oxygens (including phenoxy) is 3. The Morgan fingerprint density at radius 3 is 2.37 bits per heavy atom. The first-order chi connectivity index (χ1) is 8.99. The third-order valence-corrected chi connectivity index (χ3v) is 2.72. The average molecular weight is 268 g/mol. The molecule has 0 fully saturated rings. The highest BCUT2D eigenvalue weighted by atomic mass is 16.5. The third kappa shape index (κ3) is 4.11. The summed E-state index contributed by atoms with van der Waals surface area (Å²) in [4.78, 5) is 11.3. The van der Waals surface area contributed by atoms with Crippen LogP contribution in [0.15, 0.2) is 12.1 Å².